The number of hydrogen-bond donors (Lipinski definition) is 3. The second-order valence-electron chi connectivity index (χ2n) is 5.61. The van der Waals surface area contributed by atoms with Crippen molar-refractivity contribution >= 4 is 12.0 Å². The zero-order chi connectivity index (χ0) is 14.3. The third-order valence-corrected chi connectivity index (χ3v) is 3.99. The highest BCUT2D eigenvalue weighted by Gasteiger charge is 2.19. The number of amides is 2. The van der Waals surface area contributed by atoms with Crippen molar-refractivity contribution in [1.82, 2.24) is 10.6 Å². The summed E-state index contributed by atoms with van der Waals surface area (Å²) in [5.74, 6) is 0.560. The fraction of sp³-hybridized carbons (Fsp3) is 0.857. The average molecular weight is 270 g/mol. The number of carbonyl (C=O) groups is 2. The van der Waals surface area contributed by atoms with Crippen LogP contribution in [0.2, 0.25) is 0 Å². The van der Waals surface area contributed by atoms with E-state index < -0.39 is 12.0 Å². The van der Waals surface area contributed by atoms with Gasteiger partial charge in [-0.25, -0.2) is 9.59 Å². The van der Waals surface area contributed by atoms with Gasteiger partial charge in [-0.2, -0.15) is 0 Å². The zero-order valence-electron chi connectivity index (χ0n) is 11.9. The number of hydrogen-bond acceptors (Lipinski definition) is 2. The molecular formula is C14H26N2O3. The molecule has 3 N–H and O–H groups in total. The third-order valence-electron chi connectivity index (χ3n) is 3.99. The monoisotopic (exact) mass is 270 g/mol. The molecule has 1 aliphatic carbocycles. The summed E-state index contributed by atoms with van der Waals surface area (Å²) in [6.45, 7) is 4.65. The lowest BCUT2D eigenvalue weighted by Gasteiger charge is -2.26. The SMILES string of the molecule is CCC(NC(=O)NCCC1CCC(C)CC1)C(=O)O. The van der Waals surface area contributed by atoms with E-state index >= 15 is 0 Å². The molecule has 1 atom stereocenters. The minimum atomic E-state index is -0.987. The molecule has 0 aromatic heterocycles. The van der Waals surface area contributed by atoms with Crippen LogP contribution in [0.4, 0.5) is 4.79 Å². The standard InChI is InChI=1S/C14H26N2O3/c1-3-12(13(17)18)16-14(19)15-9-8-11-6-4-10(2)5-7-11/h10-12H,3-9H2,1-2H3,(H,17,18)(H2,15,16,19). The number of aliphatic carboxylic acids is 1. The summed E-state index contributed by atoms with van der Waals surface area (Å²) in [5.41, 5.74) is 0. The summed E-state index contributed by atoms with van der Waals surface area (Å²) in [5, 5.41) is 14.0. The van der Waals surface area contributed by atoms with Crippen molar-refractivity contribution in [3.8, 4) is 0 Å². The molecule has 19 heavy (non-hydrogen) atoms. The van der Waals surface area contributed by atoms with Gasteiger partial charge in [-0.15, -0.1) is 0 Å². The molecule has 110 valence electrons. The Morgan fingerprint density at radius 3 is 2.42 bits per heavy atom. The molecule has 1 saturated carbocycles. The predicted molar refractivity (Wildman–Crippen MR) is 74.0 cm³/mol. The Hall–Kier alpha value is -1.26. The van der Waals surface area contributed by atoms with Crippen LogP contribution in [-0.2, 0) is 4.79 Å². The number of rotatable bonds is 6. The first-order valence-corrected chi connectivity index (χ1v) is 7.30. The highest BCUT2D eigenvalue weighted by molar-refractivity contribution is 5.82. The fourth-order valence-electron chi connectivity index (χ4n) is 2.56. The van der Waals surface area contributed by atoms with Crippen LogP contribution in [0.15, 0.2) is 0 Å². The van der Waals surface area contributed by atoms with Crippen molar-refractivity contribution in [2.24, 2.45) is 11.8 Å². The molecule has 2 amide bonds. The molecule has 0 heterocycles. The van der Waals surface area contributed by atoms with Crippen molar-refractivity contribution in [2.45, 2.75) is 58.4 Å². The quantitative estimate of drug-likeness (QED) is 0.693. The first kappa shape index (κ1) is 15.8. The van der Waals surface area contributed by atoms with Gasteiger partial charge in [-0.05, 0) is 24.7 Å². The minimum absolute atomic E-state index is 0.376. The van der Waals surface area contributed by atoms with Gasteiger partial charge in [0.25, 0.3) is 0 Å². The number of nitrogens with one attached hydrogen (secondary N) is 2. The van der Waals surface area contributed by atoms with Crippen LogP contribution in [0.1, 0.15) is 52.4 Å². The molecular weight excluding hydrogens is 244 g/mol. The average Bonchev–Trinajstić information content (AvgIpc) is 2.38. The van der Waals surface area contributed by atoms with Gasteiger partial charge in [0.15, 0.2) is 0 Å². The number of carboxylic acid groups (broad SMARTS) is 1. The van der Waals surface area contributed by atoms with Gasteiger partial charge in [-0.3, -0.25) is 0 Å². The van der Waals surface area contributed by atoms with Gasteiger partial charge >= 0.3 is 12.0 Å². The van der Waals surface area contributed by atoms with Crippen molar-refractivity contribution in [2.75, 3.05) is 6.54 Å². The van der Waals surface area contributed by atoms with Crippen LogP contribution in [0.5, 0.6) is 0 Å². The number of urea groups is 1. The lowest BCUT2D eigenvalue weighted by atomic mass is 9.81. The highest BCUT2D eigenvalue weighted by atomic mass is 16.4. The molecule has 5 nitrogen and oxygen atoms in total. The second-order valence-corrected chi connectivity index (χ2v) is 5.61. The normalized spacial score (nSPS) is 24.5. The Morgan fingerprint density at radius 1 is 1.26 bits per heavy atom. The van der Waals surface area contributed by atoms with Crippen molar-refractivity contribution < 1.29 is 14.7 Å². The minimum Gasteiger partial charge on any atom is -0.480 e. The number of carbonyl (C=O) groups excluding carboxylic acids is 1. The van der Waals surface area contributed by atoms with Crippen LogP contribution in [0.25, 0.3) is 0 Å². The van der Waals surface area contributed by atoms with E-state index in [-0.39, 0.29) is 6.03 Å². The maximum absolute atomic E-state index is 11.5. The van der Waals surface area contributed by atoms with E-state index in [0.717, 1.165) is 12.3 Å². The van der Waals surface area contributed by atoms with Gasteiger partial charge < -0.3 is 15.7 Å². The smallest absolute Gasteiger partial charge is 0.326 e. The van der Waals surface area contributed by atoms with Gasteiger partial charge in [0.05, 0.1) is 0 Å². The molecule has 0 saturated heterocycles. The first-order valence-electron chi connectivity index (χ1n) is 7.30. The Bertz CT molecular complexity index is 299. The van der Waals surface area contributed by atoms with E-state index in [1.54, 1.807) is 6.92 Å². The molecule has 0 bridgehead atoms. The van der Waals surface area contributed by atoms with Crippen molar-refractivity contribution in [3.63, 3.8) is 0 Å². The Kier molecular flexibility index (Phi) is 6.67. The number of carboxylic acids is 1. The van der Waals surface area contributed by atoms with E-state index in [0.29, 0.717) is 18.9 Å². The molecule has 1 aliphatic rings. The molecule has 1 unspecified atom stereocenters. The zero-order valence-corrected chi connectivity index (χ0v) is 11.9. The Balaban J connectivity index is 2.15. The molecule has 0 spiro atoms. The molecule has 1 rings (SSSR count). The highest BCUT2D eigenvalue weighted by Crippen LogP contribution is 2.29. The lowest BCUT2D eigenvalue weighted by Crippen LogP contribution is -2.46. The second kappa shape index (κ2) is 8.02. The molecule has 0 aliphatic heterocycles. The summed E-state index contributed by atoms with van der Waals surface area (Å²) >= 11 is 0. The first-order chi connectivity index (χ1) is 9.02. The maximum Gasteiger partial charge on any atom is 0.326 e. The predicted octanol–water partition coefficient (Wildman–Crippen LogP) is 2.37. The summed E-state index contributed by atoms with van der Waals surface area (Å²) in [7, 11) is 0. The topological polar surface area (TPSA) is 78.4 Å². The molecule has 0 radical (unpaired) electrons. The fourth-order valence-corrected chi connectivity index (χ4v) is 2.56. The summed E-state index contributed by atoms with van der Waals surface area (Å²) in [6.07, 6.45) is 6.45. The molecule has 1 fully saturated rings. The third kappa shape index (κ3) is 5.94. The van der Waals surface area contributed by atoms with E-state index in [2.05, 4.69) is 17.6 Å². The van der Waals surface area contributed by atoms with Crippen LogP contribution in [-0.4, -0.2) is 29.7 Å². The van der Waals surface area contributed by atoms with E-state index in [9.17, 15) is 9.59 Å². The summed E-state index contributed by atoms with van der Waals surface area (Å²) in [6, 6.07) is -1.17. The Labute approximate surface area is 115 Å². The van der Waals surface area contributed by atoms with E-state index in [1.165, 1.54) is 25.7 Å². The van der Waals surface area contributed by atoms with Crippen LogP contribution in [0, 0.1) is 11.8 Å². The van der Waals surface area contributed by atoms with Crippen LogP contribution < -0.4 is 10.6 Å². The lowest BCUT2D eigenvalue weighted by molar-refractivity contribution is -0.139. The molecule has 0 aromatic rings. The molecule has 0 aromatic carbocycles. The summed E-state index contributed by atoms with van der Waals surface area (Å²) in [4.78, 5) is 22.3. The largest absolute Gasteiger partial charge is 0.480 e. The van der Waals surface area contributed by atoms with Crippen molar-refractivity contribution in [1.29, 1.82) is 0 Å². The van der Waals surface area contributed by atoms with Gasteiger partial charge in [0.2, 0.25) is 0 Å². The summed E-state index contributed by atoms with van der Waals surface area (Å²) < 4.78 is 0. The van der Waals surface area contributed by atoms with E-state index in [1.807, 2.05) is 0 Å². The van der Waals surface area contributed by atoms with Crippen molar-refractivity contribution in [3.05, 3.63) is 0 Å². The van der Waals surface area contributed by atoms with Gasteiger partial charge in [0.1, 0.15) is 6.04 Å². The van der Waals surface area contributed by atoms with Crippen LogP contribution >= 0.6 is 0 Å². The van der Waals surface area contributed by atoms with Gasteiger partial charge in [0, 0.05) is 6.54 Å². The van der Waals surface area contributed by atoms with E-state index in [4.69, 9.17) is 5.11 Å². The van der Waals surface area contributed by atoms with Gasteiger partial charge in [-0.1, -0.05) is 39.5 Å². The molecule has 5 heteroatoms. The Morgan fingerprint density at radius 2 is 1.89 bits per heavy atom. The van der Waals surface area contributed by atoms with Crippen LogP contribution in [0.3, 0.4) is 0 Å². The maximum atomic E-state index is 11.5.